The molecule has 47 heavy (non-hydrogen) atoms. The number of alkyl halides is 1. The minimum Gasteiger partial charge on any atom is -0.494 e. The Morgan fingerprint density at radius 2 is 1.15 bits per heavy atom. The Morgan fingerprint density at radius 3 is 1.77 bits per heavy atom. The first-order chi connectivity index (χ1) is 22.8. The Bertz CT molecular complexity index is 2120. The molecule has 0 aromatic heterocycles. The largest absolute Gasteiger partial charge is 0.494 e. The van der Waals surface area contributed by atoms with Crippen LogP contribution in [0.4, 0.5) is 17.6 Å². The van der Waals surface area contributed by atoms with Gasteiger partial charge < -0.3 is 4.74 Å². The van der Waals surface area contributed by atoms with E-state index in [1.54, 1.807) is 54.6 Å². The summed E-state index contributed by atoms with van der Waals surface area (Å²) in [5, 5.41) is 2.09. The fourth-order valence-electron chi connectivity index (χ4n) is 5.68. The van der Waals surface area contributed by atoms with Crippen molar-refractivity contribution in [1.82, 2.24) is 0 Å². The molecule has 6 aromatic carbocycles. The van der Waals surface area contributed by atoms with Crippen molar-refractivity contribution >= 4 is 10.8 Å². The summed E-state index contributed by atoms with van der Waals surface area (Å²) in [7, 11) is 0. The van der Waals surface area contributed by atoms with Crippen molar-refractivity contribution in [2.75, 3.05) is 13.3 Å². The molecule has 1 nitrogen and oxygen atoms in total. The number of benzene rings is 6. The predicted octanol–water partition coefficient (Wildman–Crippen LogP) is 11.3. The van der Waals surface area contributed by atoms with E-state index < -0.39 is 24.1 Å². The van der Waals surface area contributed by atoms with E-state index in [0.717, 1.165) is 33.2 Å². The van der Waals surface area contributed by atoms with Crippen molar-refractivity contribution in [2.24, 2.45) is 0 Å². The third kappa shape index (κ3) is 7.08. The molecule has 6 rings (SSSR count). The van der Waals surface area contributed by atoms with Gasteiger partial charge >= 0.3 is 0 Å². The molecule has 0 heterocycles. The number of rotatable bonds is 8. The minimum absolute atomic E-state index is 0.114. The van der Waals surface area contributed by atoms with Gasteiger partial charge in [-0.3, -0.25) is 4.39 Å². The average molecular weight is 629 g/mol. The first kappa shape index (κ1) is 31.6. The number of hydrogen-bond acceptors (Lipinski definition) is 1. The summed E-state index contributed by atoms with van der Waals surface area (Å²) < 4.78 is 63.9. The van der Waals surface area contributed by atoms with E-state index in [4.69, 9.17) is 4.74 Å². The highest BCUT2D eigenvalue weighted by atomic mass is 19.1. The summed E-state index contributed by atoms with van der Waals surface area (Å²) in [6.07, 6.45) is 1.01. The van der Waals surface area contributed by atoms with Crippen LogP contribution in [-0.2, 0) is 6.42 Å². The molecule has 0 N–H and O–H groups in total. The Hall–Kier alpha value is -5.34. The van der Waals surface area contributed by atoms with E-state index in [0.29, 0.717) is 47.3 Å². The Kier molecular flexibility index (Phi) is 9.40. The smallest absolute Gasteiger partial charge is 0.132 e. The van der Waals surface area contributed by atoms with Gasteiger partial charge in [-0.25, -0.2) is 13.2 Å². The van der Waals surface area contributed by atoms with E-state index in [1.807, 2.05) is 50.2 Å². The Balaban J connectivity index is 1.21. The van der Waals surface area contributed by atoms with Crippen LogP contribution in [0.5, 0.6) is 5.75 Å². The van der Waals surface area contributed by atoms with E-state index in [1.165, 1.54) is 18.2 Å². The SMILES string of the molecule is CCOc1ccc2cc(C#Cc3cc(F)c(-c4ccc(-c5cc(F)c(-c6ccc(CCCF)cc6)cc5F)cc4)cc3C)ccc2c1. The first-order valence-electron chi connectivity index (χ1n) is 15.6. The van der Waals surface area contributed by atoms with Gasteiger partial charge in [0.05, 0.1) is 13.3 Å². The van der Waals surface area contributed by atoms with Crippen LogP contribution < -0.4 is 4.74 Å². The molecule has 0 aliphatic carbocycles. The van der Waals surface area contributed by atoms with E-state index >= 15 is 13.2 Å². The molecule has 234 valence electrons. The molecule has 0 saturated heterocycles. The zero-order chi connectivity index (χ0) is 32.9. The van der Waals surface area contributed by atoms with Crippen molar-refractivity contribution in [1.29, 1.82) is 0 Å². The lowest BCUT2D eigenvalue weighted by Crippen LogP contribution is -1.93. The van der Waals surface area contributed by atoms with Gasteiger partial charge in [-0.15, -0.1) is 0 Å². The lowest BCUT2D eigenvalue weighted by molar-refractivity contribution is 0.341. The highest BCUT2D eigenvalue weighted by molar-refractivity contribution is 5.85. The number of aryl methyl sites for hydroxylation is 2. The Labute approximate surface area is 272 Å². The maximum absolute atomic E-state index is 15.4. The molecule has 0 radical (unpaired) electrons. The second-order valence-electron chi connectivity index (χ2n) is 11.4. The summed E-state index contributed by atoms with van der Waals surface area (Å²) >= 11 is 0. The monoisotopic (exact) mass is 628 g/mol. The average Bonchev–Trinajstić information content (AvgIpc) is 3.09. The number of fused-ring (bicyclic) bond motifs is 1. The van der Waals surface area contributed by atoms with Crippen LogP contribution in [0.25, 0.3) is 44.2 Å². The minimum atomic E-state index is -0.567. The summed E-state index contributed by atoms with van der Waals surface area (Å²) in [4.78, 5) is 0. The van der Waals surface area contributed by atoms with Gasteiger partial charge in [0.15, 0.2) is 0 Å². The van der Waals surface area contributed by atoms with E-state index in [-0.39, 0.29) is 11.1 Å². The quantitative estimate of drug-likeness (QED) is 0.120. The second kappa shape index (κ2) is 14.0. The molecule has 0 unspecified atom stereocenters. The highest BCUT2D eigenvalue weighted by Gasteiger charge is 2.15. The molecular weight excluding hydrogens is 596 g/mol. The lowest BCUT2D eigenvalue weighted by Gasteiger charge is -2.11. The number of hydrogen-bond donors (Lipinski definition) is 0. The van der Waals surface area contributed by atoms with Crippen molar-refractivity contribution in [3.8, 4) is 51.0 Å². The predicted molar refractivity (Wildman–Crippen MR) is 183 cm³/mol. The van der Waals surface area contributed by atoms with Gasteiger partial charge in [-0.05, 0) is 114 Å². The van der Waals surface area contributed by atoms with Gasteiger partial charge in [0, 0.05) is 27.8 Å². The van der Waals surface area contributed by atoms with Crippen LogP contribution in [0.2, 0.25) is 0 Å². The highest BCUT2D eigenvalue weighted by Crippen LogP contribution is 2.33. The van der Waals surface area contributed by atoms with Crippen LogP contribution in [0, 0.1) is 36.2 Å². The molecular formula is C42H32F4O. The molecule has 0 aliphatic rings. The van der Waals surface area contributed by atoms with Gasteiger partial charge in [0.2, 0.25) is 0 Å². The van der Waals surface area contributed by atoms with Crippen LogP contribution in [0.1, 0.15) is 35.6 Å². The van der Waals surface area contributed by atoms with E-state index in [2.05, 4.69) is 11.8 Å². The fourth-order valence-corrected chi connectivity index (χ4v) is 5.68. The number of ether oxygens (including phenoxy) is 1. The maximum atomic E-state index is 15.4. The molecule has 0 saturated carbocycles. The van der Waals surface area contributed by atoms with Crippen molar-refractivity contribution < 1.29 is 22.3 Å². The molecule has 0 spiro atoms. The molecule has 6 aromatic rings. The first-order valence-corrected chi connectivity index (χ1v) is 15.6. The topological polar surface area (TPSA) is 9.23 Å². The van der Waals surface area contributed by atoms with E-state index in [9.17, 15) is 4.39 Å². The van der Waals surface area contributed by atoms with Crippen LogP contribution in [0.3, 0.4) is 0 Å². The zero-order valence-corrected chi connectivity index (χ0v) is 26.1. The van der Waals surface area contributed by atoms with Gasteiger partial charge in [0.25, 0.3) is 0 Å². The van der Waals surface area contributed by atoms with Crippen LogP contribution >= 0.6 is 0 Å². The molecule has 0 atom stereocenters. The number of halogens is 4. The molecule has 0 bridgehead atoms. The van der Waals surface area contributed by atoms with Crippen molar-refractivity contribution in [3.63, 3.8) is 0 Å². The summed E-state index contributed by atoms with van der Waals surface area (Å²) in [5.74, 6) is 5.53. The van der Waals surface area contributed by atoms with Gasteiger partial charge in [-0.2, -0.15) is 0 Å². The maximum Gasteiger partial charge on any atom is 0.132 e. The van der Waals surface area contributed by atoms with Gasteiger partial charge in [0.1, 0.15) is 23.2 Å². The van der Waals surface area contributed by atoms with Gasteiger partial charge in [-0.1, -0.05) is 72.5 Å². The standard InChI is InChI=1S/C42H32F4O/c1-3-47-36-19-18-34-22-29(9-13-35(34)23-36)8-12-33-24-40(44)37(21-27(33)2)31-14-16-32(17-15-31)39-26-41(45)38(25-42(39)46)30-10-6-28(7-11-30)5-4-20-43/h6-7,9-11,13-19,21-26H,3-5,20H2,1-2H3. The summed E-state index contributed by atoms with van der Waals surface area (Å²) in [6, 6.07) is 31.2. The van der Waals surface area contributed by atoms with Crippen LogP contribution in [0.15, 0.2) is 109 Å². The van der Waals surface area contributed by atoms with Crippen LogP contribution in [-0.4, -0.2) is 13.3 Å². The summed E-state index contributed by atoms with van der Waals surface area (Å²) in [6.45, 7) is 4.04. The molecule has 5 heteroatoms. The fraction of sp³-hybridized carbons (Fsp3) is 0.143. The molecule has 0 amide bonds. The summed E-state index contributed by atoms with van der Waals surface area (Å²) in [5.41, 5.74) is 5.45. The normalized spacial score (nSPS) is 10.9. The third-order valence-electron chi connectivity index (χ3n) is 8.21. The van der Waals surface area contributed by atoms with Crippen molar-refractivity contribution in [3.05, 3.63) is 149 Å². The third-order valence-corrected chi connectivity index (χ3v) is 8.21. The Morgan fingerprint density at radius 1 is 0.596 bits per heavy atom. The van der Waals surface area contributed by atoms with Crippen molar-refractivity contribution in [2.45, 2.75) is 26.7 Å². The molecule has 0 fully saturated rings. The zero-order valence-electron chi connectivity index (χ0n) is 26.1. The molecule has 0 aliphatic heterocycles. The second-order valence-corrected chi connectivity index (χ2v) is 11.4. The lowest BCUT2D eigenvalue weighted by atomic mass is 9.95.